The normalized spacial score (nSPS) is 25.3. The lowest BCUT2D eigenvalue weighted by atomic mass is 9.82. The van der Waals surface area contributed by atoms with E-state index in [-0.39, 0.29) is 10.8 Å². The van der Waals surface area contributed by atoms with Crippen molar-refractivity contribution in [2.75, 3.05) is 13.2 Å². The Morgan fingerprint density at radius 1 is 1.13 bits per heavy atom. The molecule has 3 nitrogen and oxygen atoms in total. The van der Waals surface area contributed by atoms with E-state index in [4.69, 9.17) is 13.6 Å². The molecule has 0 saturated carbocycles. The van der Waals surface area contributed by atoms with Gasteiger partial charge in [0.15, 0.2) is 0 Å². The first-order chi connectivity index (χ1) is 10.9. The lowest BCUT2D eigenvalue weighted by molar-refractivity contribution is 0.00796. The number of benzene rings is 1. The van der Waals surface area contributed by atoms with Crippen LogP contribution in [0, 0.1) is 5.41 Å². The van der Waals surface area contributed by atoms with Crippen molar-refractivity contribution in [1.29, 1.82) is 0 Å². The molecular formula is C19H31O3P. The Bertz CT molecular complexity index is 488. The summed E-state index contributed by atoms with van der Waals surface area (Å²) in [5.41, 5.74) is 1.39. The van der Waals surface area contributed by atoms with Crippen molar-refractivity contribution in [3.8, 4) is 5.75 Å². The van der Waals surface area contributed by atoms with Gasteiger partial charge in [-0.2, -0.15) is 0 Å². The zero-order valence-electron chi connectivity index (χ0n) is 15.2. The van der Waals surface area contributed by atoms with Gasteiger partial charge in [-0.15, -0.1) is 0 Å². The molecule has 0 amide bonds. The summed E-state index contributed by atoms with van der Waals surface area (Å²) in [6.07, 6.45) is 4.70. The van der Waals surface area contributed by atoms with E-state index in [1.54, 1.807) is 0 Å². The first kappa shape index (κ1) is 18.7. The van der Waals surface area contributed by atoms with Gasteiger partial charge in [-0.1, -0.05) is 65.7 Å². The molecule has 1 aromatic rings. The van der Waals surface area contributed by atoms with Gasteiger partial charge in [0.25, 0.3) is 0 Å². The van der Waals surface area contributed by atoms with Crippen molar-refractivity contribution in [2.45, 2.75) is 65.7 Å². The van der Waals surface area contributed by atoms with Crippen molar-refractivity contribution in [3.63, 3.8) is 0 Å². The van der Waals surface area contributed by atoms with Crippen LogP contribution in [0.3, 0.4) is 0 Å². The van der Waals surface area contributed by atoms with E-state index >= 15 is 0 Å². The molecule has 1 aliphatic heterocycles. The third-order valence-electron chi connectivity index (χ3n) is 4.63. The largest absolute Gasteiger partial charge is 0.426 e. The quantitative estimate of drug-likeness (QED) is 0.576. The second kappa shape index (κ2) is 7.96. The van der Waals surface area contributed by atoms with E-state index in [9.17, 15) is 0 Å². The molecule has 4 heteroatoms. The molecule has 0 bridgehead atoms. The van der Waals surface area contributed by atoms with E-state index < -0.39 is 8.60 Å². The average molecular weight is 338 g/mol. The molecule has 130 valence electrons. The molecule has 1 fully saturated rings. The van der Waals surface area contributed by atoms with Crippen LogP contribution >= 0.6 is 8.60 Å². The molecular weight excluding hydrogens is 307 g/mol. The maximum absolute atomic E-state index is 6.08. The van der Waals surface area contributed by atoms with Gasteiger partial charge >= 0.3 is 8.60 Å². The van der Waals surface area contributed by atoms with Gasteiger partial charge in [0.2, 0.25) is 0 Å². The summed E-state index contributed by atoms with van der Waals surface area (Å²) in [7, 11) is -1.29. The second-order valence-electron chi connectivity index (χ2n) is 7.57. The summed E-state index contributed by atoms with van der Waals surface area (Å²) in [5.74, 6) is 0.878. The number of hydrogen-bond acceptors (Lipinski definition) is 3. The monoisotopic (exact) mass is 338 g/mol. The van der Waals surface area contributed by atoms with Crippen molar-refractivity contribution in [1.82, 2.24) is 0 Å². The Labute approximate surface area is 142 Å². The minimum atomic E-state index is -1.29. The van der Waals surface area contributed by atoms with Crippen LogP contribution in [0.1, 0.15) is 65.9 Å². The van der Waals surface area contributed by atoms with E-state index in [1.165, 1.54) is 24.8 Å². The van der Waals surface area contributed by atoms with Crippen LogP contribution in [0.15, 0.2) is 24.3 Å². The summed E-state index contributed by atoms with van der Waals surface area (Å²) in [4.78, 5) is 0. The summed E-state index contributed by atoms with van der Waals surface area (Å²) in [6, 6.07) is 8.18. The molecule has 0 N–H and O–H groups in total. The summed E-state index contributed by atoms with van der Waals surface area (Å²) < 4.78 is 18.0. The molecule has 0 aromatic heterocycles. The number of para-hydroxylation sites is 1. The Balaban J connectivity index is 2.00. The smallest absolute Gasteiger partial charge is 0.397 e. The molecule has 0 spiro atoms. The topological polar surface area (TPSA) is 27.7 Å². The highest BCUT2D eigenvalue weighted by Crippen LogP contribution is 2.50. The summed E-state index contributed by atoms with van der Waals surface area (Å²) in [5, 5.41) is 0. The molecule has 0 aliphatic carbocycles. The molecule has 23 heavy (non-hydrogen) atoms. The van der Waals surface area contributed by atoms with Gasteiger partial charge in [0, 0.05) is 5.41 Å². The maximum Gasteiger partial charge on any atom is 0.397 e. The zero-order chi connectivity index (χ0) is 16.9. The molecule has 1 saturated heterocycles. The first-order valence-corrected chi connectivity index (χ1v) is 9.83. The minimum Gasteiger partial charge on any atom is -0.426 e. The Morgan fingerprint density at radius 3 is 2.35 bits per heavy atom. The van der Waals surface area contributed by atoms with Crippen LogP contribution in [0.25, 0.3) is 0 Å². The SMILES string of the molecule is CCCCC1(CC)COP(Oc2ccccc2C(C)(C)C)OC1. The maximum atomic E-state index is 6.08. The van der Waals surface area contributed by atoms with Gasteiger partial charge < -0.3 is 13.6 Å². The zero-order valence-corrected chi connectivity index (χ0v) is 16.1. The predicted molar refractivity (Wildman–Crippen MR) is 96.8 cm³/mol. The molecule has 0 unspecified atom stereocenters. The van der Waals surface area contributed by atoms with E-state index in [0.717, 1.165) is 25.4 Å². The predicted octanol–water partition coefficient (Wildman–Crippen LogP) is 6.22. The first-order valence-electron chi connectivity index (χ1n) is 8.73. The van der Waals surface area contributed by atoms with Crippen LogP contribution < -0.4 is 4.52 Å². The third-order valence-corrected chi connectivity index (χ3v) is 5.66. The molecule has 1 heterocycles. The van der Waals surface area contributed by atoms with Crippen LogP contribution in [0.5, 0.6) is 5.75 Å². The van der Waals surface area contributed by atoms with Crippen LogP contribution in [0.2, 0.25) is 0 Å². The fourth-order valence-corrected chi connectivity index (χ4v) is 4.09. The number of rotatable bonds is 6. The summed E-state index contributed by atoms with van der Waals surface area (Å²) in [6.45, 7) is 12.5. The van der Waals surface area contributed by atoms with Gasteiger partial charge in [-0.25, -0.2) is 0 Å². The third kappa shape index (κ3) is 4.92. The van der Waals surface area contributed by atoms with E-state index in [0.29, 0.717) is 0 Å². The van der Waals surface area contributed by atoms with Crippen LogP contribution in [0.4, 0.5) is 0 Å². The number of hydrogen-bond donors (Lipinski definition) is 0. The Hall–Kier alpha value is -0.630. The van der Waals surface area contributed by atoms with Crippen molar-refractivity contribution in [2.24, 2.45) is 5.41 Å². The Kier molecular flexibility index (Phi) is 6.48. The van der Waals surface area contributed by atoms with Gasteiger partial charge in [-0.3, -0.25) is 0 Å². The fraction of sp³-hybridized carbons (Fsp3) is 0.684. The fourth-order valence-electron chi connectivity index (χ4n) is 2.83. The highest BCUT2D eigenvalue weighted by atomic mass is 31.2. The highest BCUT2D eigenvalue weighted by Gasteiger charge is 2.37. The minimum absolute atomic E-state index is 0.0377. The highest BCUT2D eigenvalue weighted by molar-refractivity contribution is 7.42. The second-order valence-corrected chi connectivity index (χ2v) is 8.71. The van der Waals surface area contributed by atoms with Gasteiger partial charge in [0.05, 0.1) is 13.2 Å². The van der Waals surface area contributed by atoms with Gasteiger partial charge in [0.1, 0.15) is 5.75 Å². The molecule has 1 aromatic carbocycles. The Morgan fingerprint density at radius 2 is 1.78 bits per heavy atom. The van der Waals surface area contributed by atoms with Crippen molar-refractivity contribution >= 4 is 8.60 Å². The molecule has 0 atom stereocenters. The van der Waals surface area contributed by atoms with Crippen LogP contribution in [-0.2, 0) is 14.5 Å². The van der Waals surface area contributed by atoms with Crippen molar-refractivity contribution in [3.05, 3.63) is 29.8 Å². The lowest BCUT2D eigenvalue weighted by Crippen LogP contribution is -2.34. The standard InChI is InChI=1S/C19H31O3P/c1-6-8-13-19(7-2)14-20-23(21-15-19)22-17-12-10-9-11-16(17)18(3,4)5/h9-12H,6-8,13-15H2,1-5H3. The summed E-state index contributed by atoms with van der Waals surface area (Å²) >= 11 is 0. The van der Waals surface area contributed by atoms with Gasteiger partial charge in [-0.05, 0) is 29.9 Å². The molecule has 1 aliphatic rings. The molecule has 2 rings (SSSR count). The van der Waals surface area contributed by atoms with Crippen molar-refractivity contribution < 1.29 is 13.6 Å². The van der Waals surface area contributed by atoms with Crippen LogP contribution in [-0.4, -0.2) is 13.2 Å². The van der Waals surface area contributed by atoms with E-state index in [1.807, 2.05) is 12.1 Å². The van der Waals surface area contributed by atoms with E-state index in [2.05, 4.69) is 46.8 Å². The number of unbranched alkanes of at least 4 members (excludes halogenated alkanes) is 1. The molecule has 0 radical (unpaired) electrons. The average Bonchev–Trinajstić information content (AvgIpc) is 2.54. The lowest BCUT2D eigenvalue weighted by Gasteiger charge is -2.38.